The zero-order chi connectivity index (χ0) is 16.1. The predicted octanol–water partition coefficient (Wildman–Crippen LogP) is 3.54. The highest BCUT2D eigenvalue weighted by Crippen LogP contribution is 2.62. The van der Waals surface area contributed by atoms with Gasteiger partial charge in [0.05, 0.1) is 4.92 Å². The van der Waals surface area contributed by atoms with Gasteiger partial charge in [0.1, 0.15) is 0 Å². The Hall–Kier alpha value is -1.91. The smallest absolute Gasteiger partial charge is 0.270 e. The lowest BCUT2D eigenvalue weighted by atomic mass is 9.68. The zero-order valence-corrected chi connectivity index (χ0v) is 13.3. The number of nitrogens with zero attached hydrogens (tertiary/aromatic N) is 1. The molecule has 0 spiro atoms. The van der Waals surface area contributed by atoms with Crippen LogP contribution in [0, 0.1) is 26.9 Å². The molecule has 2 bridgehead atoms. The molecule has 1 amide bonds. The molecule has 1 N–H and O–H groups in total. The van der Waals surface area contributed by atoms with E-state index in [1.807, 2.05) is 0 Å². The van der Waals surface area contributed by atoms with Crippen LogP contribution in [0.4, 0.5) is 5.69 Å². The van der Waals surface area contributed by atoms with Crippen LogP contribution in [0.2, 0.25) is 0 Å². The van der Waals surface area contributed by atoms with Crippen LogP contribution in [0.25, 0.3) is 0 Å². The third kappa shape index (κ3) is 2.19. The molecule has 2 unspecified atom stereocenters. The summed E-state index contributed by atoms with van der Waals surface area (Å²) >= 11 is 0. The maximum Gasteiger partial charge on any atom is 0.270 e. The molecule has 0 aromatic heterocycles. The number of nitro benzene ring substituents is 1. The zero-order valence-electron chi connectivity index (χ0n) is 13.3. The molecule has 2 saturated carbocycles. The largest absolute Gasteiger partial charge is 0.348 e. The summed E-state index contributed by atoms with van der Waals surface area (Å²) in [7, 11) is 0. The number of fused-ring (bicyclic) bond motifs is 2. The number of non-ortho nitro benzene ring substituents is 1. The quantitative estimate of drug-likeness (QED) is 0.685. The fourth-order valence-corrected chi connectivity index (χ4v) is 4.64. The van der Waals surface area contributed by atoms with E-state index in [9.17, 15) is 14.9 Å². The minimum absolute atomic E-state index is 0.0499. The van der Waals surface area contributed by atoms with Gasteiger partial charge in [-0.05, 0) is 42.1 Å². The van der Waals surface area contributed by atoms with E-state index in [1.165, 1.54) is 18.6 Å². The van der Waals surface area contributed by atoms with Crippen molar-refractivity contribution in [3.63, 3.8) is 0 Å². The molecule has 0 aliphatic heterocycles. The summed E-state index contributed by atoms with van der Waals surface area (Å²) < 4.78 is 0. The van der Waals surface area contributed by atoms with Crippen molar-refractivity contribution in [2.24, 2.45) is 16.7 Å². The molecular weight excluding hydrogens is 280 g/mol. The second-order valence-electron chi connectivity index (χ2n) is 7.63. The summed E-state index contributed by atoms with van der Waals surface area (Å²) in [4.78, 5) is 22.9. The summed E-state index contributed by atoms with van der Waals surface area (Å²) in [6.07, 6.45) is 3.52. The SMILES string of the molecule is CC1(C)C2CC[C@@](C)(C2)C1NC(=O)c1cccc([N+](=O)[O-])c1. The minimum atomic E-state index is -0.473. The molecule has 1 aromatic rings. The summed E-state index contributed by atoms with van der Waals surface area (Å²) in [6.45, 7) is 6.70. The molecule has 3 atom stereocenters. The summed E-state index contributed by atoms with van der Waals surface area (Å²) in [5.41, 5.74) is 0.524. The van der Waals surface area contributed by atoms with Crippen molar-refractivity contribution in [2.45, 2.75) is 46.1 Å². The van der Waals surface area contributed by atoms with E-state index < -0.39 is 4.92 Å². The Balaban J connectivity index is 1.83. The number of carbonyl (C=O) groups excluding carboxylic acids is 1. The van der Waals surface area contributed by atoms with Gasteiger partial charge in [-0.15, -0.1) is 0 Å². The standard InChI is InChI=1S/C17H22N2O3/c1-16(2)12-7-8-17(3,10-12)15(16)18-14(20)11-5-4-6-13(9-11)19(21)22/h4-6,9,12,15H,7-8,10H2,1-3H3,(H,18,20)/t12?,15?,17-/m0/s1. The third-order valence-corrected chi connectivity index (χ3v) is 5.86. The van der Waals surface area contributed by atoms with Crippen molar-refractivity contribution in [1.82, 2.24) is 5.32 Å². The molecule has 118 valence electrons. The van der Waals surface area contributed by atoms with Crippen molar-refractivity contribution in [1.29, 1.82) is 0 Å². The first-order valence-electron chi connectivity index (χ1n) is 7.79. The molecule has 2 aliphatic rings. The van der Waals surface area contributed by atoms with Gasteiger partial charge in [-0.2, -0.15) is 0 Å². The number of amides is 1. The minimum Gasteiger partial charge on any atom is -0.348 e. The van der Waals surface area contributed by atoms with Gasteiger partial charge in [-0.25, -0.2) is 0 Å². The monoisotopic (exact) mass is 302 g/mol. The third-order valence-electron chi connectivity index (χ3n) is 5.86. The summed E-state index contributed by atoms with van der Waals surface area (Å²) in [6, 6.07) is 6.05. The number of hydrogen-bond donors (Lipinski definition) is 1. The number of hydrogen-bond acceptors (Lipinski definition) is 3. The van der Waals surface area contributed by atoms with E-state index in [0.29, 0.717) is 11.5 Å². The Morgan fingerprint density at radius 2 is 2.09 bits per heavy atom. The fourth-order valence-electron chi connectivity index (χ4n) is 4.64. The highest BCUT2D eigenvalue weighted by atomic mass is 16.6. The molecular formula is C17H22N2O3. The molecule has 22 heavy (non-hydrogen) atoms. The van der Waals surface area contributed by atoms with Crippen LogP contribution < -0.4 is 5.32 Å². The topological polar surface area (TPSA) is 72.2 Å². The molecule has 3 rings (SSSR count). The van der Waals surface area contributed by atoms with Gasteiger partial charge in [0.15, 0.2) is 0 Å². The van der Waals surface area contributed by atoms with E-state index in [1.54, 1.807) is 12.1 Å². The number of nitro groups is 1. The van der Waals surface area contributed by atoms with Crippen molar-refractivity contribution in [3.8, 4) is 0 Å². The predicted molar refractivity (Wildman–Crippen MR) is 83.6 cm³/mol. The first-order chi connectivity index (χ1) is 10.2. The van der Waals surface area contributed by atoms with Crippen LogP contribution in [-0.2, 0) is 0 Å². The highest BCUT2D eigenvalue weighted by molar-refractivity contribution is 5.95. The van der Waals surface area contributed by atoms with Gasteiger partial charge in [0.2, 0.25) is 0 Å². The average Bonchev–Trinajstić information content (AvgIpc) is 2.94. The van der Waals surface area contributed by atoms with E-state index in [2.05, 4.69) is 26.1 Å². The van der Waals surface area contributed by atoms with Gasteiger partial charge in [0.25, 0.3) is 11.6 Å². The van der Waals surface area contributed by atoms with Gasteiger partial charge < -0.3 is 5.32 Å². The highest BCUT2D eigenvalue weighted by Gasteiger charge is 2.59. The normalized spacial score (nSPS) is 32.0. The Kier molecular flexibility index (Phi) is 3.27. The number of rotatable bonds is 3. The second-order valence-corrected chi connectivity index (χ2v) is 7.63. The molecule has 0 saturated heterocycles. The Morgan fingerprint density at radius 3 is 2.68 bits per heavy atom. The molecule has 5 heteroatoms. The lowest BCUT2D eigenvalue weighted by molar-refractivity contribution is -0.384. The van der Waals surface area contributed by atoms with Gasteiger partial charge in [0, 0.05) is 23.7 Å². The molecule has 1 aromatic carbocycles. The van der Waals surface area contributed by atoms with Crippen LogP contribution >= 0.6 is 0 Å². The number of benzene rings is 1. The lowest BCUT2D eigenvalue weighted by Gasteiger charge is -2.43. The fraction of sp³-hybridized carbons (Fsp3) is 0.588. The van der Waals surface area contributed by atoms with Crippen LogP contribution in [0.1, 0.15) is 50.4 Å². The van der Waals surface area contributed by atoms with Crippen molar-refractivity contribution in [2.75, 3.05) is 0 Å². The van der Waals surface area contributed by atoms with Gasteiger partial charge >= 0.3 is 0 Å². The molecule has 0 heterocycles. The van der Waals surface area contributed by atoms with Crippen molar-refractivity contribution < 1.29 is 9.72 Å². The average molecular weight is 302 g/mol. The van der Waals surface area contributed by atoms with Crippen LogP contribution in [0.5, 0.6) is 0 Å². The Morgan fingerprint density at radius 1 is 1.36 bits per heavy atom. The Labute approximate surface area is 130 Å². The number of carbonyl (C=O) groups is 1. The van der Waals surface area contributed by atoms with Crippen LogP contribution in [0.15, 0.2) is 24.3 Å². The molecule has 2 aliphatic carbocycles. The van der Waals surface area contributed by atoms with Crippen molar-refractivity contribution in [3.05, 3.63) is 39.9 Å². The molecule has 2 fully saturated rings. The number of nitrogens with one attached hydrogen (secondary N) is 1. The molecule has 0 radical (unpaired) electrons. The Bertz CT molecular complexity index is 636. The van der Waals surface area contributed by atoms with Crippen LogP contribution in [0.3, 0.4) is 0 Å². The van der Waals surface area contributed by atoms with E-state index in [0.717, 1.165) is 12.8 Å². The van der Waals surface area contributed by atoms with Crippen molar-refractivity contribution >= 4 is 11.6 Å². The maximum atomic E-state index is 12.5. The maximum absolute atomic E-state index is 12.5. The second kappa shape index (κ2) is 4.80. The van der Waals surface area contributed by atoms with Gasteiger partial charge in [-0.3, -0.25) is 14.9 Å². The van der Waals surface area contributed by atoms with Crippen LogP contribution in [-0.4, -0.2) is 16.9 Å². The van der Waals surface area contributed by atoms with E-state index in [-0.39, 0.29) is 28.5 Å². The van der Waals surface area contributed by atoms with E-state index in [4.69, 9.17) is 0 Å². The van der Waals surface area contributed by atoms with E-state index >= 15 is 0 Å². The first-order valence-corrected chi connectivity index (χ1v) is 7.79. The first kappa shape index (κ1) is 15.0. The summed E-state index contributed by atoms with van der Waals surface area (Å²) in [5, 5.41) is 14.0. The van der Waals surface area contributed by atoms with Gasteiger partial charge in [-0.1, -0.05) is 26.8 Å². The lowest BCUT2D eigenvalue weighted by Crippen LogP contribution is -2.52. The summed E-state index contributed by atoms with van der Waals surface area (Å²) in [5.74, 6) is 0.434. The molecule has 5 nitrogen and oxygen atoms in total.